The van der Waals surface area contributed by atoms with Crippen LogP contribution in [-0.2, 0) is 66.6 Å². The normalized spacial score (nSPS) is 34.1. The maximum atomic E-state index is 14.8. The van der Waals surface area contributed by atoms with Gasteiger partial charge in [0.1, 0.15) is 42.0 Å². The van der Waals surface area contributed by atoms with Gasteiger partial charge < -0.3 is 47.7 Å². The number of carbonyl (C=O) groups is 8. The number of hydrogen-bond donors (Lipinski definition) is 1. The van der Waals surface area contributed by atoms with Crippen molar-refractivity contribution in [2.45, 2.75) is 115 Å². The number of aliphatic hydroxyl groups is 1. The van der Waals surface area contributed by atoms with Crippen molar-refractivity contribution in [2.24, 2.45) is 17.3 Å². The molecule has 0 radical (unpaired) electrons. The number of aromatic nitrogens is 1. The molecule has 2 aromatic carbocycles. The average Bonchev–Trinajstić information content (AvgIpc) is 3.51. The number of cyclic esters (lactones) is 1. The van der Waals surface area contributed by atoms with Crippen molar-refractivity contribution in [1.29, 1.82) is 0 Å². The zero-order chi connectivity index (χ0) is 48.8. The van der Waals surface area contributed by atoms with Crippen molar-refractivity contribution in [3.05, 3.63) is 101 Å². The summed E-state index contributed by atoms with van der Waals surface area (Å²) in [5.74, 6) is -12.1. The van der Waals surface area contributed by atoms with Gasteiger partial charge in [-0.25, -0.2) is 14.4 Å². The summed E-state index contributed by atoms with van der Waals surface area (Å²) in [7, 11) is 0. The molecule has 19 nitrogen and oxygen atoms in total. The van der Waals surface area contributed by atoms with Gasteiger partial charge in [-0.1, -0.05) is 50.2 Å². The van der Waals surface area contributed by atoms with E-state index in [0.717, 1.165) is 34.6 Å². The molecule has 1 saturated heterocycles. The lowest BCUT2D eigenvalue weighted by molar-refractivity contribution is -0.385. The quantitative estimate of drug-likeness (QED) is 0.238. The van der Waals surface area contributed by atoms with Crippen LogP contribution in [0.2, 0.25) is 0 Å². The summed E-state index contributed by atoms with van der Waals surface area (Å²) in [6.07, 6.45) is -11.1. The predicted octanol–water partition coefficient (Wildman–Crippen LogP) is 3.62. The van der Waals surface area contributed by atoms with E-state index < -0.39 is 138 Å². The SMILES string of the molecule is CC(=O)OC[C@]12[C@H](OC(C)=O)[C@H](OC(C)=O)C3[C@@H](OC(=O)c4ccccc4)[C@@]14O[C@@]3(C)COC(=O)c1cccnc1C(C)[C@H](C)C(=O)O[C@@H]([C@H](OC(C)=O)[C@@H]2OC(=O)c1ccccc1)[C@]4(C)O. The number of fused-ring (bicyclic) bond motifs is 5. The molecular formula is C48H51NO18. The van der Waals surface area contributed by atoms with Gasteiger partial charge in [0.25, 0.3) is 0 Å². The minimum atomic E-state index is -2.91. The number of ether oxygens (including phenoxy) is 9. The topological polar surface area (TPSA) is 253 Å². The highest BCUT2D eigenvalue weighted by Gasteiger charge is 2.92. The maximum Gasteiger partial charge on any atom is 0.340 e. The first-order valence-corrected chi connectivity index (χ1v) is 21.5. The highest BCUT2D eigenvalue weighted by Crippen LogP contribution is 2.70. The third kappa shape index (κ3) is 8.17. The fourth-order valence-corrected chi connectivity index (χ4v) is 10.4. The lowest BCUT2D eigenvalue weighted by Crippen LogP contribution is -2.89. The van der Waals surface area contributed by atoms with Gasteiger partial charge >= 0.3 is 47.8 Å². The van der Waals surface area contributed by atoms with E-state index in [1.165, 1.54) is 68.6 Å². The molecule has 2 saturated carbocycles. The van der Waals surface area contributed by atoms with E-state index in [-0.39, 0.29) is 22.4 Å². The minimum Gasteiger partial charge on any atom is -0.465 e. The van der Waals surface area contributed by atoms with Gasteiger partial charge in [0.2, 0.25) is 0 Å². The van der Waals surface area contributed by atoms with E-state index >= 15 is 0 Å². The summed E-state index contributed by atoms with van der Waals surface area (Å²) < 4.78 is 56.6. The monoisotopic (exact) mass is 929 g/mol. The Hall–Kier alpha value is -6.73. The van der Waals surface area contributed by atoms with Gasteiger partial charge in [-0.2, -0.15) is 0 Å². The Morgan fingerprint density at radius 3 is 1.78 bits per heavy atom. The van der Waals surface area contributed by atoms with E-state index in [0.29, 0.717) is 0 Å². The average molecular weight is 930 g/mol. The van der Waals surface area contributed by atoms with E-state index in [2.05, 4.69) is 4.98 Å². The molecule has 1 aromatic heterocycles. The summed E-state index contributed by atoms with van der Waals surface area (Å²) in [5.41, 5.74) is -10.7. The van der Waals surface area contributed by atoms with Gasteiger partial charge in [0.05, 0.1) is 34.2 Å². The molecule has 13 atom stereocenters. The molecule has 1 N–H and O–H groups in total. The van der Waals surface area contributed by atoms with Gasteiger partial charge in [-0.15, -0.1) is 0 Å². The molecular weight excluding hydrogens is 879 g/mol. The van der Waals surface area contributed by atoms with Gasteiger partial charge in [0, 0.05) is 39.8 Å². The van der Waals surface area contributed by atoms with Crippen molar-refractivity contribution in [3.63, 3.8) is 0 Å². The molecule has 67 heavy (non-hydrogen) atoms. The highest BCUT2D eigenvalue weighted by molar-refractivity contribution is 5.92. The summed E-state index contributed by atoms with van der Waals surface area (Å²) in [5, 5.41) is 13.9. The summed E-state index contributed by atoms with van der Waals surface area (Å²) in [6, 6.07) is 17.8. The van der Waals surface area contributed by atoms with Crippen LogP contribution in [0.3, 0.4) is 0 Å². The first-order chi connectivity index (χ1) is 31.6. The highest BCUT2D eigenvalue weighted by atomic mass is 16.7. The number of hydrogen-bond acceptors (Lipinski definition) is 19. The molecule has 3 heterocycles. The Kier molecular flexibility index (Phi) is 13.1. The lowest BCUT2D eigenvalue weighted by Gasteiger charge is -2.67. The fraction of sp³-hybridized carbons (Fsp3) is 0.479. The fourth-order valence-electron chi connectivity index (χ4n) is 10.4. The predicted molar refractivity (Wildman–Crippen MR) is 225 cm³/mol. The molecule has 4 bridgehead atoms. The zero-order valence-corrected chi connectivity index (χ0v) is 38.0. The van der Waals surface area contributed by atoms with Crippen LogP contribution < -0.4 is 0 Å². The smallest absolute Gasteiger partial charge is 0.340 e. The van der Waals surface area contributed by atoms with Crippen LogP contribution in [0.25, 0.3) is 0 Å². The molecule has 2 aliphatic carbocycles. The standard InChI is InChI=1S/C48H51NO18/c1-24-25(2)41(54)65-38-36(62-28(5)52)40(66-43(56)31-18-13-10-14-19-31)47(23-59-26(3)50)39(63-29(6)53)35(61-27(4)51)33-37(64-42(55)30-16-11-9-12-17-30)48(47,46(38,8)58)67-45(33,7)22-60-44(57)32-20-15-21-49-34(24)32/h9-21,24-25,33,35-40,58H,22-23H2,1-8H3/t24?,25-,33?,35+,36-,37+,38-,39+,40-,45-,46-,47+,48-/m0/s1. The van der Waals surface area contributed by atoms with Crippen LogP contribution in [0.4, 0.5) is 0 Å². The second-order valence-corrected chi connectivity index (χ2v) is 17.7. The molecule has 2 unspecified atom stereocenters. The van der Waals surface area contributed by atoms with Gasteiger partial charge in [0.15, 0.2) is 30.0 Å². The van der Waals surface area contributed by atoms with Crippen molar-refractivity contribution < 1.29 is 86.1 Å². The zero-order valence-electron chi connectivity index (χ0n) is 38.0. The van der Waals surface area contributed by atoms with Crippen LogP contribution in [0.5, 0.6) is 0 Å². The number of benzene rings is 2. The Morgan fingerprint density at radius 1 is 0.687 bits per heavy atom. The van der Waals surface area contributed by atoms with Crippen molar-refractivity contribution in [2.75, 3.05) is 13.2 Å². The molecule has 3 aromatic rings. The molecule has 3 fully saturated rings. The van der Waals surface area contributed by atoms with E-state index in [4.69, 9.17) is 42.6 Å². The second kappa shape index (κ2) is 18.2. The van der Waals surface area contributed by atoms with Crippen LogP contribution in [0.1, 0.15) is 98.1 Å². The van der Waals surface area contributed by atoms with E-state index in [9.17, 15) is 43.5 Å². The van der Waals surface area contributed by atoms with Crippen molar-refractivity contribution >= 4 is 47.8 Å². The number of carbonyl (C=O) groups excluding carboxylic acids is 8. The summed E-state index contributed by atoms with van der Waals surface area (Å²) >= 11 is 0. The Morgan fingerprint density at radius 2 is 1.22 bits per heavy atom. The first-order valence-electron chi connectivity index (χ1n) is 21.5. The maximum absolute atomic E-state index is 14.8. The van der Waals surface area contributed by atoms with Crippen LogP contribution in [0, 0.1) is 17.3 Å². The number of esters is 8. The Labute approximate surface area is 384 Å². The van der Waals surface area contributed by atoms with Crippen LogP contribution >= 0.6 is 0 Å². The van der Waals surface area contributed by atoms with Crippen LogP contribution in [-0.4, -0.2) is 124 Å². The molecule has 2 aliphatic heterocycles. The van der Waals surface area contributed by atoms with E-state index in [1.807, 2.05) is 0 Å². The summed E-state index contributed by atoms with van der Waals surface area (Å²) in [6.45, 7) is 7.66. The molecule has 4 aliphatic rings. The van der Waals surface area contributed by atoms with E-state index in [1.54, 1.807) is 31.2 Å². The first kappa shape index (κ1) is 48.2. The molecule has 1 spiro atoms. The van der Waals surface area contributed by atoms with Crippen LogP contribution in [0.15, 0.2) is 79.0 Å². The minimum absolute atomic E-state index is 0.0377. The third-order valence-electron chi connectivity index (χ3n) is 13.3. The number of rotatable bonds is 9. The second-order valence-electron chi connectivity index (χ2n) is 17.7. The molecule has 19 heteroatoms. The van der Waals surface area contributed by atoms with Crippen molar-refractivity contribution in [1.82, 2.24) is 4.98 Å². The Bertz CT molecular complexity index is 2460. The number of pyridine rings is 1. The lowest BCUT2D eigenvalue weighted by atomic mass is 9.45. The molecule has 356 valence electrons. The number of nitrogens with zero attached hydrogens (tertiary/aromatic N) is 1. The van der Waals surface area contributed by atoms with Gasteiger partial charge in [-0.05, 0) is 50.2 Å². The van der Waals surface area contributed by atoms with Crippen molar-refractivity contribution in [3.8, 4) is 0 Å². The summed E-state index contributed by atoms with van der Waals surface area (Å²) in [4.78, 5) is 116. The third-order valence-corrected chi connectivity index (χ3v) is 13.3. The largest absolute Gasteiger partial charge is 0.465 e. The molecule has 0 amide bonds. The van der Waals surface area contributed by atoms with Gasteiger partial charge in [-0.3, -0.25) is 29.0 Å². The molecule has 7 rings (SSSR count). The Balaban J connectivity index is 1.65.